The zero-order valence-corrected chi connectivity index (χ0v) is 11.6. The molecule has 0 radical (unpaired) electrons. The Kier molecular flexibility index (Phi) is 4.40. The van der Waals surface area contributed by atoms with Crippen LogP contribution < -0.4 is 5.32 Å². The SMILES string of the molecule is CC(NCc1cccs1)(C(=O)O)C1CCCCC1. The molecule has 0 amide bonds. The first kappa shape index (κ1) is 13.6. The number of hydrogen-bond acceptors (Lipinski definition) is 3. The topological polar surface area (TPSA) is 49.3 Å². The molecule has 0 aliphatic heterocycles. The molecule has 0 spiro atoms. The van der Waals surface area contributed by atoms with E-state index in [1.165, 1.54) is 11.3 Å². The summed E-state index contributed by atoms with van der Waals surface area (Å²) in [5.74, 6) is -0.463. The average molecular weight is 267 g/mol. The molecule has 1 heterocycles. The number of aliphatic carboxylic acids is 1. The van der Waals surface area contributed by atoms with Crippen molar-refractivity contribution >= 4 is 17.3 Å². The fourth-order valence-corrected chi connectivity index (χ4v) is 3.40. The van der Waals surface area contributed by atoms with Crippen LogP contribution in [0.4, 0.5) is 0 Å². The second-order valence-corrected chi connectivity index (χ2v) is 6.31. The van der Waals surface area contributed by atoms with E-state index in [1.807, 2.05) is 24.4 Å². The maximum atomic E-state index is 11.6. The van der Waals surface area contributed by atoms with Crippen molar-refractivity contribution in [3.8, 4) is 0 Å². The van der Waals surface area contributed by atoms with Gasteiger partial charge >= 0.3 is 5.97 Å². The van der Waals surface area contributed by atoms with Crippen LogP contribution in [0.2, 0.25) is 0 Å². The molecule has 0 aromatic carbocycles. The van der Waals surface area contributed by atoms with Crippen molar-refractivity contribution in [2.45, 2.75) is 51.1 Å². The molecule has 18 heavy (non-hydrogen) atoms. The maximum absolute atomic E-state index is 11.6. The lowest BCUT2D eigenvalue weighted by molar-refractivity contribution is -0.147. The van der Waals surface area contributed by atoms with E-state index in [0.717, 1.165) is 25.7 Å². The Morgan fingerprint density at radius 1 is 1.50 bits per heavy atom. The van der Waals surface area contributed by atoms with Crippen molar-refractivity contribution in [3.63, 3.8) is 0 Å². The lowest BCUT2D eigenvalue weighted by atomic mass is 9.75. The molecule has 3 nitrogen and oxygen atoms in total. The standard InChI is InChI=1S/C14H21NO2S/c1-14(13(16)17,11-6-3-2-4-7-11)15-10-12-8-5-9-18-12/h5,8-9,11,15H,2-4,6-7,10H2,1H3,(H,16,17). The normalized spacial score (nSPS) is 20.5. The summed E-state index contributed by atoms with van der Waals surface area (Å²) in [7, 11) is 0. The van der Waals surface area contributed by atoms with Gasteiger partial charge in [-0.25, -0.2) is 0 Å². The predicted octanol–water partition coefficient (Wildman–Crippen LogP) is 3.26. The highest BCUT2D eigenvalue weighted by atomic mass is 32.1. The van der Waals surface area contributed by atoms with Crippen LogP contribution in [0.15, 0.2) is 17.5 Å². The fraction of sp³-hybridized carbons (Fsp3) is 0.643. The van der Waals surface area contributed by atoms with Crippen molar-refractivity contribution in [1.29, 1.82) is 0 Å². The van der Waals surface area contributed by atoms with Gasteiger partial charge in [-0.15, -0.1) is 11.3 Å². The van der Waals surface area contributed by atoms with Crippen LogP contribution >= 0.6 is 11.3 Å². The van der Waals surface area contributed by atoms with Gasteiger partial charge < -0.3 is 5.11 Å². The second-order valence-electron chi connectivity index (χ2n) is 5.28. The third-order valence-electron chi connectivity index (χ3n) is 4.08. The highest BCUT2D eigenvalue weighted by molar-refractivity contribution is 7.09. The Morgan fingerprint density at radius 3 is 2.78 bits per heavy atom. The van der Waals surface area contributed by atoms with Crippen molar-refractivity contribution in [2.75, 3.05) is 0 Å². The third-order valence-corrected chi connectivity index (χ3v) is 4.95. The first-order valence-electron chi connectivity index (χ1n) is 6.64. The van der Waals surface area contributed by atoms with Crippen LogP contribution in [-0.2, 0) is 11.3 Å². The minimum atomic E-state index is -0.787. The van der Waals surface area contributed by atoms with Gasteiger partial charge in [0.2, 0.25) is 0 Å². The second kappa shape index (κ2) is 5.85. The summed E-state index contributed by atoms with van der Waals surface area (Å²) in [6, 6.07) is 4.04. The number of thiophene rings is 1. The van der Waals surface area contributed by atoms with Crippen molar-refractivity contribution in [2.24, 2.45) is 5.92 Å². The number of carboxylic acids is 1. The zero-order valence-electron chi connectivity index (χ0n) is 10.8. The molecule has 100 valence electrons. The summed E-state index contributed by atoms with van der Waals surface area (Å²) >= 11 is 1.67. The first-order chi connectivity index (χ1) is 8.63. The number of carbonyl (C=O) groups is 1. The van der Waals surface area contributed by atoms with Crippen LogP contribution in [0.3, 0.4) is 0 Å². The molecule has 1 atom stereocenters. The molecule has 1 aromatic rings. The fourth-order valence-electron chi connectivity index (χ4n) is 2.76. The number of rotatable bonds is 5. The van der Waals surface area contributed by atoms with Gasteiger partial charge in [-0.05, 0) is 37.1 Å². The van der Waals surface area contributed by atoms with Crippen LogP contribution in [0, 0.1) is 5.92 Å². The quantitative estimate of drug-likeness (QED) is 0.861. The van der Waals surface area contributed by atoms with E-state index in [0.29, 0.717) is 6.54 Å². The molecular weight excluding hydrogens is 246 g/mol. The smallest absolute Gasteiger partial charge is 0.323 e. The molecule has 1 aliphatic rings. The number of nitrogens with one attached hydrogen (secondary N) is 1. The number of hydrogen-bond donors (Lipinski definition) is 2. The monoisotopic (exact) mass is 267 g/mol. The van der Waals surface area contributed by atoms with E-state index in [2.05, 4.69) is 5.32 Å². The molecule has 1 fully saturated rings. The predicted molar refractivity (Wildman–Crippen MR) is 73.8 cm³/mol. The van der Waals surface area contributed by atoms with Gasteiger partial charge in [0.1, 0.15) is 5.54 Å². The molecule has 1 unspecified atom stereocenters. The van der Waals surface area contributed by atoms with Gasteiger partial charge in [0.15, 0.2) is 0 Å². The van der Waals surface area contributed by atoms with Gasteiger partial charge in [0.25, 0.3) is 0 Å². The van der Waals surface area contributed by atoms with Crippen LogP contribution in [0.5, 0.6) is 0 Å². The molecule has 0 bridgehead atoms. The summed E-state index contributed by atoms with van der Waals surface area (Å²) in [6.45, 7) is 2.50. The van der Waals surface area contributed by atoms with E-state index in [-0.39, 0.29) is 5.92 Å². The lowest BCUT2D eigenvalue weighted by Crippen LogP contribution is -2.55. The zero-order chi connectivity index (χ0) is 13.0. The Morgan fingerprint density at radius 2 is 2.22 bits per heavy atom. The van der Waals surface area contributed by atoms with Gasteiger partial charge in [-0.3, -0.25) is 10.1 Å². The first-order valence-corrected chi connectivity index (χ1v) is 7.51. The molecule has 2 rings (SSSR count). The largest absolute Gasteiger partial charge is 0.480 e. The lowest BCUT2D eigenvalue weighted by Gasteiger charge is -2.37. The summed E-state index contributed by atoms with van der Waals surface area (Å²) in [6.07, 6.45) is 5.63. The maximum Gasteiger partial charge on any atom is 0.323 e. The minimum absolute atomic E-state index is 0.253. The van der Waals surface area contributed by atoms with Gasteiger partial charge in [0.05, 0.1) is 0 Å². The minimum Gasteiger partial charge on any atom is -0.480 e. The van der Waals surface area contributed by atoms with E-state index in [4.69, 9.17) is 0 Å². The van der Waals surface area contributed by atoms with E-state index >= 15 is 0 Å². The summed E-state index contributed by atoms with van der Waals surface area (Å²) < 4.78 is 0. The Labute approximate surface area is 112 Å². The Balaban J connectivity index is 2.03. The van der Waals surface area contributed by atoms with E-state index in [9.17, 15) is 9.90 Å². The Hall–Kier alpha value is -0.870. The molecular formula is C14H21NO2S. The number of carboxylic acid groups (broad SMARTS) is 1. The van der Waals surface area contributed by atoms with Crippen LogP contribution in [0.25, 0.3) is 0 Å². The van der Waals surface area contributed by atoms with Crippen molar-refractivity contribution in [1.82, 2.24) is 5.32 Å². The van der Waals surface area contributed by atoms with E-state index < -0.39 is 11.5 Å². The highest BCUT2D eigenvalue weighted by Gasteiger charge is 2.41. The summed E-state index contributed by atoms with van der Waals surface area (Å²) in [5.41, 5.74) is -0.787. The van der Waals surface area contributed by atoms with Gasteiger partial charge in [-0.1, -0.05) is 25.3 Å². The summed E-state index contributed by atoms with van der Waals surface area (Å²) in [5, 5.41) is 14.9. The van der Waals surface area contributed by atoms with Crippen LogP contribution in [0.1, 0.15) is 43.9 Å². The average Bonchev–Trinajstić information content (AvgIpc) is 2.90. The summed E-state index contributed by atoms with van der Waals surface area (Å²) in [4.78, 5) is 12.8. The third kappa shape index (κ3) is 2.93. The molecule has 0 saturated heterocycles. The molecule has 1 saturated carbocycles. The molecule has 2 N–H and O–H groups in total. The van der Waals surface area contributed by atoms with Gasteiger partial charge in [-0.2, -0.15) is 0 Å². The Bertz CT molecular complexity index is 385. The molecule has 1 aromatic heterocycles. The van der Waals surface area contributed by atoms with E-state index in [1.54, 1.807) is 11.3 Å². The van der Waals surface area contributed by atoms with Crippen molar-refractivity contribution < 1.29 is 9.90 Å². The highest BCUT2D eigenvalue weighted by Crippen LogP contribution is 2.33. The van der Waals surface area contributed by atoms with Gasteiger partial charge in [0, 0.05) is 11.4 Å². The van der Waals surface area contributed by atoms with Crippen molar-refractivity contribution in [3.05, 3.63) is 22.4 Å². The van der Waals surface area contributed by atoms with Crippen LogP contribution in [-0.4, -0.2) is 16.6 Å². The molecule has 1 aliphatic carbocycles. The molecule has 4 heteroatoms.